The first-order valence-electron chi connectivity index (χ1n) is 6.80. The molecule has 1 heterocycles. The number of carbonyl (C=O) groups is 1. The molecule has 0 saturated carbocycles. The van der Waals surface area contributed by atoms with Crippen LogP contribution in [-0.2, 0) is 4.79 Å². The summed E-state index contributed by atoms with van der Waals surface area (Å²) >= 11 is 0. The summed E-state index contributed by atoms with van der Waals surface area (Å²) in [6.07, 6.45) is 7.68. The standard InChI is InChI=1S/C13H25NO3/c15-11-12(13(16)17)7-3-1-2-4-8-14-9-5-6-10-14/h12,15H,1-11H2,(H,16,17). The Balaban J connectivity index is 1.91. The normalized spacial score (nSPS) is 18.4. The number of aliphatic hydroxyl groups excluding tert-OH is 1. The van der Waals surface area contributed by atoms with Gasteiger partial charge in [0.25, 0.3) is 0 Å². The Labute approximate surface area is 104 Å². The van der Waals surface area contributed by atoms with Crippen molar-refractivity contribution in [1.82, 2.24) is 4.90 Å². The molecular weight excluding hydrogens is 218 g/mol. The summed E-state index contributed by atoms with van der Waals surface area (Å²) in [5.74, 6) is -1.43. The second-order valence-electron chi connectivity index (χ2n) is 4.97. The molecule has 1 fully saturated rings. The van der Waals surface area contributed by atoms with Crippen LogP contribution in [0.4, 0.5) is 0 Å². The topological polar surface area (TPSA) is 60.8 Å². The monoisotopic (exact) mass is 243 g/mol. The van der Waals surface area contributed by atoms with Crippen LogP contribution in [0.5, 0.6) is 0 Å². The summed E-state index contributed by atoms with van der Waals surface area (Å²) in [5.41, 5.74) is 0. The van der Waals surface area contributed by atoms with Gasteiger partial charge in [-0.25, -0.2) is 0 Å². The Bertz CT molecular complexity index is 215. The van der Waals surface area contributed by atoms with Gasteiger partial charge >= 0.3 is 5.97 Å². The number of aliphatic hydroxyl groups is 1. The molecule has 1 rings (SSSR count). The fourth-order valence-electron chi connectivity index (χ4n) is 2.38. The van der Waals surface area contributed by atoms with Gasteiger partial charge < -0.3 is 15.1 Å². The number of likely N-dealkylation sites (tertiary alicyclic amines) is 1. The predicted molar refractivity (Wildman–Crippen MR) is 67.0 cm³/mol. The summed E-state index contributed by atoms with van der Waals surface area (Å²) in [7, 11) is 0. The summed E-state index contributed by atoms with van der Waals surface area (Å²) < 4.78 is 0. The van der Waals surface area contributed by atoms with Crippen molar-refractivity contribution in [3.05, 3.63) is 0 Å². The number of nitrogens with zero attached hydrogens (tertiary/aromatic N) is 1. The van der Waals surface area contributed by atoms with Gasteiger partial charge in [0, 0.05) is 0 Å². The summed E-state index contributed by atoms with van der Waals surface area (Å²) in [6, 6.07) is 0. The molecule has 100 valence electrons. The maximum absolute atomic E-state index is 10.7. The van der Waals surface area contributed by atoms with E-state index < -0.39 is 11.9 Å². The molecule has 0 amide bonds. The highest BCUT2D eigenvalue weighted by Crippen LogP contribution is 2.13. The highest BCUT2D eigenvalue weighted by Gasteiger charge is 2.15. The van der Waals surface area contributed by atoms with Crippen molar-refractivity contribution in [3.8, 4) is 0 Å². The van der Waals surface area contributed by atoms with E-state index >= 15 is 0 Å². The summed E-state index contributed by atoms with van der Waals surface area (Å²) in [5, 5.41) is 17.6. The van der Waals surface area contributed by atoms with E-state index in [-0.39, 0.29) is 6.61 Å². The predicted octanol–water partition coefficient (Wildman–Crippen LogP) is 1.73. The van der Waals surface area contributed by atoms with Crippen molar-refractivity contribution >= 4 is 5.97 Å². The van der Waals surface area contributed by atoms with E-state index in [4.69, 9.17) is 10.2 Å². The van der Waals surface area contributed by atoms with Gasteiger partial charge in [0.1, 0.15) is 0 Å². The number of hydrogen-bond acceptors (Lipinski definition) is 3. The minimum Gasteiger partial charge on any atom is -0.481 e. The van der Waals surface area contributed by atoms with Crippen molar-refractivity contribution in [2.45, 2.75) is 44.9 Å². The van der Waals surface area contributed by atoms with Gasteiger partial charge in [0.15, 0.2) is 0 Å². The summed E-state index contributed by atoms with van der Waals surface area (Å²) in [4.78, 5) is 13.2. The fourth-order valence-corrected chi connectivity index (χ4v) is 2.38. The van der Waals surface area contributed by atoms with Crippen molar-refractivity contribution in [3.63, 3.8) is 0 Å². The average molecular weight is 243 g/mol. The lowest BCUT2D eigenvalue weighted by molar-refractivity contribution is -0.143. The van der Waals surface area contributed by atoms with Crippen LogP contribution in [0.25, 0.3) is 0 Å². The highest BCUT2D eigenvalue weighted by atomic mass is 16.4. The van der Waals surface area contributed by atoms with Crippen LogP contribution >= 0.6 is 0 Å². The maximum atomic E-state index is 10.7. The first-order valence-corrected chi connectivity index (χ1v) is 6.80. The Morgan fingerprint density at radius 1 is 1.12 bits per heavy atom. The van der Waals surface area contributed by atoms with E-state index in [0.29, 0.717) is 6.42 Å². The smallest absolute Gasteiger partial charge is 0.308 e. The molecule has 4 nitrogen and oxygen atoms in total. The number of aliphatic carboxylic acids is 1. The first-order chi connectivity index (χ1) is 8.24. The zero-order chi connectivity index (χ0) is 12.5. The van der Waals surface area contributed by atoms with Crippen LogP contribution in [0, 0.1) is 5.92 Å². The van der Waals surface area contributed by atoms with Gasteiger partial charge in [0.2, 0.25) is 0 Å². The Kier molecular flexibility index (Phi) is 7.21. The number of rotatable bonds is 9. The van der Waals surface area contributed by atoms with Gasteiger partial charge in [-0.1, -0.05) is 19.3 Å². The Morgan fingerprint density at radius 2 is 1.76 bits per heavy atom. The van der Waals surface area contributed by atoms with Gasteiger partial charge in [0.05, 0.1) is 12.5 Å². The van der Waals surface area contributed by atoms with Gasteiger partial charge in [-0.05, 0) is 45.3 Å². The lowest BCUT2D eigenvalue weighted by atomic mass is 10.0. The zero-order valence-electron chi connectivity index (χ0n) is 10.6. The molecule has 0 radical (unpaired) electrons. The minimum atomic E-state index is -0.871. The van der Waals surface area contributed by atoms with E-state index in [1.165, 1.54) is 45.3 Å². The first kappa shape index (κ1) is 14.5. The molecule has 1 saturated heterocycles. The van der Waals surface area contributed by atoms with E-state index in [2.05, 4.69) is 4.90 Å². The largest absolute Gasteiger partial charge is 0.481 e. The number of unbranched alkanes of at least 4 members (excludes halogenated alkanes) is 3. The van der Waals surface area contributed by atoms with E-state index in [1.54, 1.807) is 0 Å². The summed E-state index contributed by atoms with van der Waals surface area (Å²) in [6.45, 7) is 3.47. The lowest BCUT2D eigenvalue weighted by Gasteiger charge is -2.14. The van der Waals surface area contributed by atoms with Crippen molar-refractivity contribution < 1.29 is 15.0 Å². The molecule has 1 unspecified atom stereocenters. The third-order valence-electron chi connectivity index (χ3n) is 3.55. The van der Waals surface area contributed by atoms with Crippen LogP contribution in [-0.4, -0.2) is 47.3 Å². The highest BCUT2D eigenvalue weighted by molar-refractivity contribution is 5.69. The Hall–Kier alpha value is -0.610. The number of hydrogen-bond donors (Lipinski definition) is 2. The molecule has 0 bridgehead atoms. The third-order valence-corrected chi connectivity index (χ3v) is 3.55. The average Bonchev–Trinajstić information content (AvgIpc) is 2.80. The van der Waals surface area contributed by atoms with Crippen molar-refractivity contribution in [1.29, 1.82) is 0 Å². The SMILES string of the molecule is O=C(O)C(CO)CCCCCCN1CCCC1. The molecule has 17 heavy (non-hydrogen) atoms. The van der Waals surface area contributed by atoms with Gasteiger partial charge in [-0.3, -0.25) is 4.79 Å². The molecule has 0 aliphatic carbocycles. The van der Waals surface area contributed by atoms with Gasteiger partial charge in [-0.2, -0.15) is 0 Å². The second-order valence-corrected chi connectivity index (χ2v) is 4.97. The quantitative estimate of drug-likeness (QED) is 0.605. The van der Waals surface area contributed by atoms with Gasteiger partial charge in [-0.15, -0.1) is 0 Å². The van der Waals surface area contributed by atoms with Crippen LogP contribution in [0.15, 0.2) is 0 Å². The molecule has 1 atom stereocenters. The molecule has 0 aromatic carbocycles. The zero-order valence-corrected chi connectivity index (χ0v) is 10.6. The molecule has 1 aliphatic rings. The molecule has 4 heteroatoms. The molecule has 0 spiro atoms. The van der Waals surface area contributed by atoms with E-state index in [9.17, 15) is 4.79 Å². The van der Waals surface area contributed by atoms with Crippen LogP contribution < -0.4 is 0 Å². The minimum absolute atomic E-state index is 0.233. The van der Waals surface area contributed by atoms with Crippen molar-refractivity contribution in [2.24, 2.45) is 5.92 Å². The van der Waals surface area contributed by atoms with Crippen LogP contribution in [0.2, 0.25) is 0 Å². The molecule has 0 aromatic heterocycles. The molecule has 2 N–H and O–H groups in total. The van der Waals surface area contributed by atoms with E-state index in [1.807, 2.05) is 0 Å². The van der Waals surface area contributed by atoms with Crippen LogP contribution in [0.3, 0.4) is 0 Å². The molecule has 1 aliphatic heterocycles. The van der Waals surface area contributed by atoms with Crippen molar-refractivity contribution in [2.75, 3.05) is 26.2 Å². The second kappa shape index (κ2) is 8.48. The number of carboxylic acid groups (broad SMARTS) is 1. The third kappa shape index (κ3) is 6.03. The number of carboxylic acids is 1. The van der Waals surface area contributed by atoms with Crippen LogP contribution in [0.1, 0.15) is 44.9 Å². The molecular formula is C13H25NO3. The maximum Gasteiger partial charge on any atom is 0.308 e. The lowest BCUT2D eigenvalue weighted by Crippen LogP contribution is -2.20. The fraction of sp³-hybridized carbons (Fsp3) is 0.923. The van der Waals surface area contributed by atoms with E-state index in [0.717, 1.165) is 12.8 Å². The molecule has 0 aromatic rings. The Morgan fingerprint density at radius 3 is 2.35 bits per heavy atom.